The van der Waals surface area contributed by atoms with Crippen LogP contribution < -0.4 is 11.1 Å². The van der Waals surface area contributed by atoms with Crippen LogP contribution in [0.2, 0.25) is 5.02 Å². The van der Waals surface area contributed by atoms with Crippen molar-refractivity contribution in [1.82, 2.24) is 4.98 Å². The van der Waals surface area contributed by atoms with Crippen molar-refractivity contribution in [2.24, 2.45) is 0 Å². The number of nitrogen functional groups attached to an aromatic ring is 1. The number of nitrogens with two attached hydrogens (primary N) is 1. The SMILES string of the molecule is CCc1ccc(CNc2ncc(N)cc2Cl)s1. The predicted molar refractivity (Wildman–Crippen MR) is 74.7 cm³/mol. The van der Waals surface area contributed by atoms with Gasteiger partial charge >= 0.3 is 0 Å². The maximum atomic E-state index is 6.03. The van der Waals surface area contributed by atoms with Gasteiger partial charge in [0.25, 0.3) is 0 Å². The van der Waals surface area contributed by atoms with Gasteiger partial charge in [-0.05, 0) is 24.6 Å². The second-order valence-corrected chi connectivity index (χ2v) is 5.33. The van der Waals surface area contributed by atoms with Crippen LogP contribution in [0, 0.1) is 0 Å². The Kier molecular flexibility index (Phi) is 3.86. The van der Waals surface area contributed by atoms with Gasteiger partial charge in [0, 0.05) is 9.75 Å². The lowest BCUT2D eigenvalue weighted by molar-refractivity contribution is 1.14. The lowest BCUT2D eigenvalue weighted by atomic mass is 10.3. The van der Waals surface area contributed by atoms with Crippen molar-refractivity contribution in [3.05, 3.63) is 39.2 Å². The quantitative estimate of drug-likeness (QED) is 0.891. The molecule has 5 heteroatoms. The molecule has 2 aromatic rings. The average Bonchev–Trinajstić information content (AvgIpc) is 2.76. The van der Waals surface area contributed by atoms with E-state index < -0.39 is 0 Å². The van der Waals surface area contributed by atoms with Gasteiger partial charge in [-0.3, -0.25) is 0 Å². The Morgan fingerprint density at radius 3 is 2.82 bits per heavy atom. The van der Waals surface area contributed by atoms with E-state index in [2.05, 4.69) is 29.4 Å². The van der Waals surface area contributed by atoms with Gasteiger partial charge < -0.3 is 11.1 Å². The predicted octanol–water partition coefficient (Wildman–Crippen LogP) is 3.55. The van der Waals surface area contributed by atoms with E-state index >= 15 is 0 Å². The molecule has 0 aromatic carbocycles. The smallest absolute Gasteiger partial charge is 0.145 e. The van der Waals surface area contributed by atoms with E-state index in [1.165, 1.54) is 9.75 Å². The number of pyridine rings is 1. The Morgan fingerprint density at radius 1 is 1.41 bits per heavy atom. The fraction of sp³-hybridized carbons (Fsp3) is 0.250. The van der Waals surface area contributed by atoms with E-state index in [0.29, 0.717) is 16.5 Å². The molecular formula is C12H14ClN3S. The van der Waals surface area contributed by atoms with Crippen LogP contribution in [-0.4, -0.2) is 4.98 Å². The molecule has 0 aliphatic carbocycles. The van der Waals surface area contributed by atoms with Crippen molar-refractivity contribution in [2.45, 2.75) is 19.9 Å². The fourth-order valence-electron chi connectivity index (χ4n) is 1.46. The van der Waals surface area contributed by atoms with Gasteiger partial charge in [0.05, 0.1) is 23.5 Å². The monoisotopic (exact) mass is 267 g/mol. The van der Waals surface area contributed by atoms with Crippen molar-refractivity contribution in [1.29, 1.82) is 0 Å². The lowest BCUT2D eigenvalue weighted by Crippen LogP contribution is -2.01. The van der Waals surface area contributed by atoms with E-state index in [1.807, 2.05) is 0 Å². The third-order valence-electron chi connectivity index (χ3n) is 2.36. The van der Waals surface area contributed by atoms with Gasteiger partial charge in [0.15, 0.2) is 0 Å². The normalized spacial score (nSPS) is 10.5. The molecule has 0 bridgehead atoms. The van der Waals surface area contributed by atoms with Crippen molar-refractivity contribution < 1.29 is 0 Å². The summed E-state index contributed by atoms with van der Waals surface area (Å²) >= 11 is 7.83. The Balaban J connectivity index is 2.02. The molecule has 0 aliphatic heterocycles. The van der Waals surface area contributed by atoms with Gasteiger partial charge in [-0.15, -0.1) is 11.3 Å². The molecule has 0 amide bonds. The molecule has 0 spiro atoms. The number of thiophene rings is 1. The molecule has 17 heavy (non-hydrogen) atoms. The van der Waals surface area contributed by atoms with E-state index in [1.54, 1.807) is 23.6 Å². The largest absolute Gasteiger partial charge is 0.397 e. The minimum atomic E-state index is 0.553. The van der Waals surface area contributed by atoms with Gasteiger partial charge in [-0.1, -0.05) is 18.5 Å². The van der Waals surface area contributed by atoms with Crippen LogP contribution in [0.3, 0.4) is 0 Å². The Hall–Kier alpha value is -1.26. The highest BCUT2D eigenvalue weighted by molar-refractivity contribution is 7.12. The topological polar surface area (TPSA) is 50.9 Å². The van der Waals surface area contributed by atoms with Crippen LogP contribution in [0.15, 0.2) is 24.4 Å². The van der Waals surface area contributed by atoms with Crippen molar-refractivity contribution in [3.8, 4) is 0 Å². The molecule has 0 saturated carbocycles. The summed E-state index contributed by atoms with van der Waals surface area (Å²) in [6, 6.07) is 5.98. The number of nitrogens with one attached hydrogen (secondary N) is 1. The zero-order valence-electron chi connectivity index (χ0n) is 9.53. The molecule has 3 N–H and O–H groups in total. The highest BCUT2D eigenvalue weighted by Crippen LogP contribution is 2.23. The first-order valence-corrected chi connectivity index (χ1v) is 6.61. The summed E-state index contributed by atoms with van der Waals surface area (Å²) in [5.74, 6) is 0.673. The second-order valence-electron chi connectivity index (χ2n) is 3.67. The Bertz CT molecular complexity index is 510. The number of anilines is 2. The molecule has 90 valence electrons. The molecule has 0 unspecified atom stereocenters. The minimum Gasteiger partial charge on any atom is -0.397 e. The van der Waals surface area contributed by atoms with E-state index in [-0.39, 0.29) is 0 Å². The molecule has 2 aromatic heterocycles. The molecule has 2 heterocycles. The highest BCUT2D eigenvalue weighted by atomic mass is 35.5. The van der Waals surface area contributed by atoms with Crippen LogP contribution in [-0.2, 0) is 13.0 Å². The summed E-state index contributed by atoms with van der Waals surface area (Å²) in [5.41, 5.74) is 6.16. The maximum Gasteiger partial charge on any atom is 0.145 e. The summed E-state index contributed by atoms with van der Waals surface area (Å²) in [6.07, 6.45) is 2.67. The van der Waals surface area contributed by atoms with Crippen LogP contribution in [0.1, 0.15) is 16.7 Å². The van der Waals surface area contributed by atoms with Crippen molar-refractivity contribution in [2.75, 3.05) is 11.1 Å². The number of nitrogens with zero attached hydrogens (tertiary/aromatic N) is 1. The molecule has 2 rings (SSSR count). The molecule has 0 saturated heterocycles. The first kappa shape index (κ1) is 12.2. The number of hydrogen-bond acceptors (Lipinski definition) is 4. The lowest BCUT2D eigenvalue weighted by Gasteiger charge is -2.06. The maximum absolute atomic E-state index is 6.03. The zero-order valence-corrected chi connectivity index (χ0v) is 11.1. The number of halogens is 1. The molecule has 0 atom stereocenters. The Morgan fingerprint density at radius 2 is 2.18 bits per heavy atom. The van der Waals surface area contributed by atoms with Crippen LogP contribution in [0.25, 0.3) is 0 Å². The third kappa shape index (κ3) is 3.11. The van der Waals surface area contributed by atoms with Crippen molar-refractivity contribution in [3.63, 3.8) is 0 Å². The van der Waals surface area contributed by atoms with Crippen LogP contribution >= 0.6 is 22.9 Å². The first-order chi connectivity index (χ1) is 8.19. The van der Waals surface area contributed by atoms with Gasteiger partial charge in [0.1, 0.15) is 5.82 Å². The fourth-order valence-corrected chi connectivity index (χ4v) is 2.60. The number of hydrogen-bond donors (Lipinski definition) is 2. The molecule has 0 fully saturated rings. The number of aryl methyl sites for hydroxylation is 1. The Labute approximate surface area is 110 Å². The summed E-state index contributed by atoms with van der Waals surface area (Å²) in [7, 11) is 0. The van der Waals surface area contributed by atoms with Crippen molar-refractivity contribution >= 4 is 34.4 Å². The highest BCUT2D eigenvalue weighted by Gasteiger charge is 2.03. The van der Waals surface area contributed by atoms with E-state index in [0.717, 1.165) is 13.0 Å². The van der Waals surface area contributed by atoms with E-state index in [9.17, 15) is 0 Å². The summed E-state index contributed by atoms with van der Waals surface area (Å²) in [4.78, 5) is 6.82. The van der Waals surface area contributed by atoms with Crippen LogP contribution in [0.4, 0.5) is 11.5 Å². The standard InChI is InChI=1S/C12H14ClN3S/c1-2-9-3-4-10(17-9)7-16-12-11(13)5-8(14)6-15-12/h3-6H,2,7,14H2,1H3,(H,15,16). The molecular weight excluding hydrogens is 254 g/mol. The summed E-state index contributed by atoms with van der Waals surface area (Å²) < 4.78 is 0. The van der Waals surface area contributed by atoms with E-state index in [4.69, 9.17) is 17.3 Å². The first-order valence-electron chi connectivity index (χ1n) is 5.41. The summed E-state index contributed by atoms with van der Waals surface area (Å²) in [5, 5.41) is 3.76. The van der Waals surface area contributed by atoms with Gasteiger partial charge in [-0.25, -0.2) is 4.98 Å². The average molecular weight is 268 g/mol. The molecule has 0 radical (unpaired) electrons. The molecule has 3 nitrogen and oxygen atoms in total. The third-order valence-corrected chi connectivity index (χ3v) is 3.88. The molecule has 0 aliphatic rings. The van der Waals surface area contributed by atoms with Crippen LogP contribution in [0.5, 0.6) is 0 Å². The van der Waals surface area contributed by atoms with Gasteiger partial charge in [-0.2, -0.15) is 0 Å². The van der Waals surface area contributed by atoms with Gasteiger partial charge in [0.2, 0.25) is 0 Å². The second kappa shape index (κ2) is 5.38. The number of rotatable bonds is 4. The minimum absolute atomic E-state index is 0.553. The summed E-state index contributed by atoms with van der Waals surface area (Å²) in [6.45, 7) is 2.89. The number of aromatic nitrogens is 1. The zero-order chi connectivity index (χ0) is 12.3.